The van der Waals surface area contributed by atoms with E-state index in [2.05, 4.69) is 48.2 Å². The molecule has 23 heavy (non-hydrogen) atoms. The van der Waals surface area contributed by atoms with Gasteiger partial charge in [0.05, 0.1) is 17.0 Å². The standard InChI is InChI=1S/C22H48P/c1-8-14-20(15-9-2)23(7,21(16-10-3)17-11-4)22(18-12-5)19-13-6/h20-22H,8-19H2,1-7H3/q+1. The Bertz CT molecular complexity index is 202. The zero-order valence-corrected chi connectivity index (χ0v) is 18.6. The molecule has 0 aliphatic heterocycles. The Hall–Kier alpha value is 0.430. The molecule has 0 radical (unpaired) electrons. The average Bonchev–Trinajstić information content (AvgIpc) is 2.53. The first-order valence-electron chi connectivity index (χ1n) is 10.9. The lowest BCUT2D eigenvalue weighted by Gasteiger charge is -2.44. The van der Waals surface area contributed by atoms with Crippen molar-refractivity contribution in [2.75, 3.05) is 6.66 Å². The van der Waals surface area contributed by atoms with Crippen LogP contribution in [0, 0.1) is 0 Å². The average molecular weight is 344 g/mol. The molecule has 0 spiro atoms. The van der Waals surface area contributed by atoms with Gasteiger partial charge < -0.3 is 0 Å². The maximum atomic E-state index is 2.83. The summed E-state index contributed by atoms with van der Waals surface area (Å²) >= 11 is 0. The molecule has 1 heteroatoms. The van der Waals surface area contributed by atoms with Crippen molar-refractivity contribution in [3.8, 4) is 0 Å². The fraction of sp³-hybridized carbons (Fsp3) is 1.00. The molecule has 0 heterocycles. The molecular weight excluding hydrogens is 295 g/mol. The van der Waals surface area contributed by atoms with Gasteiger partial charge in [0, 0.05) is 13.9 Å². The highest BCUT2D eigenvalue weighted by molar-refractivity contribution is 7.77. The highest BCUT2D eigenvalue weighted by Gasteiger charge is 2.51. The van der Waals surface area contributed by atoms with Crippen LogP contribution in [-0.4, -0.2) is 23.6 Å². The molecule has 0 saturated heterocycles. The molecule has 0 aromatic heterocycles. The molecule has 0 nitrogen and oxygen atoms in total. The zero-order valence-electron chi connectivity index (χ0n) is 17.7. The van der Waals surface area contributed by atoms with Gasteiger partial charge in [0.1, 0.15) is 0 Å². The van der Waals surface area contributed by atoms with Crippen molar-refractivity contribution in [1.29, 1.82) is 0 Å². The van der Waals surface area contributed by atoms with Gasteiger partial charge in [-0.1, -0.05) is 80.1 Å². The minimum absolute atomic E-state index is 0.899. The largest absolute Gasteiger partial charge is 0.0700 e. The Labute approximate surface area is 149 Å². The van der Waals surface area contributed by atoms with Crippen LogP contribution >= 0.6 is 7.26 Å². The number of hydrogen-bond donors (Lipinski definition) is 0. The smallest absolute Gasteiger partial charge is 0.0652 e. The summed E-state index contributed by atoms with van der Waals surface area (Å²) in [7, 11) is -0.899. The normalized spacial score (nSPS) is 12.8. The van der Waals surface area contributed by atoms with E-state index in [-0.39, 0.29) is 0 Å². The first kappa shape index (κ1) is 23.4. The molecule has 0 unspecified atom stereocenters. The van der Waals surface area contributed by atoms with Crippen LogP contribution in [0.2, 0.25) is 0 Å². The van der Waals surface area contributed by atoms with Gasteiger partial charge in [0.25, 0.3) is 0 Å². The molecule has 0 amide bonds. The third-order valence-corrected chi connectivity index (χ3v) is 12.4. The molecule has 0 aliphatic rings. The Morgan fingerprint density at radius 2 is 0.609 bits per heavy atom. The van der Waals surface area contributed by atoms with E-state index in [1.165, 1.54) is 77.0 Å². The summed E-state index contributed by atoms with van der Waals surface area (Å²) in [5, 5.41) is 0. The Morgan fingerprint density at radius 1 is 0.435 bits per heavy atom. The van der Waals surface area contributed by atoms with E-state index in [0.717, 1.165) is 17.0 Å². The zero-order chi connectivity index (χ0) is 17.7. The lowest BCUT2D eigenvalue weighted by molar-refractivity contribution is 0.578. The van der Waals surface area contributed by atoms with E-state index in [4.69, 9.17) is 0 Å². The molecule has 0 rings (SSSR count). The van der Waals surface area contributed by atoms with Crippen molar-refractivity contribution in [2.24, 2.45) is 0 Å². The summed E-state index contributed by atoms with van der Waals surface area (Å²) in [6.45, 7) is 17.3. The van der Waals surface area contributed by atoms with Crippen LogP contribution in [0.5, 0.6) is 0 Å². The molecule has 140 valence electrons. The molecule has 0 aromatic carbocycles. The van der Waals surface area contributed by atoms with Crippen LogP contribution in [0.4, 0.5) is 0 Å². The van der Waals surface area contributed by atoms with Gasteiger partial charge in [0.2, 0.25) is 0 Å². The molecular formula is C22H48P+. The van der Waals surface area contributed by atoms with Crippen LogP contribution in [0.25, 0.3) is 0 Å². The van der Waals surface area contributed by atoms with Crippen molar-refractivity contribution in [1.82, 2.24) is 0 Å². The second-order valence-electron chi connectivity index (χ2n) is 7.92. The first-order valence-corrected chi connectivity index (χ1v) is 13.4. The topological polar surface area (TPSA) is 0 Å². The third-order valence-electron chi connectivity index (χ3n) is 6.09. The predicted octanol–water partition coefficient (Wildman–Crippen LogP) is 8.54. The summed E-state index contributed by atoms with van der Waals surface area (Å²) in [5.74, 6) is 0. The van der Waals surface area contributed by atoms with E-state index in [1.54, 1.807) is 0 Å². The molecule has 0 N–H and O–H groups in total. The molecule has 0 fully saturated rings. The highest BCUT2D eigenvalue weighted by Crippen LogP contribution is 2.73. The van der Waals surface area contributed by atoms with Crippen molar-refractivity contribution < 1.29 is 0 Å². The van der Waals surface area contributed by atoms with Crippen LogP contribution in [-0.2, 0) is 0 Å². The Morgan fingerprint density at radius 3 is 0.739 bits per heavy atom. The molecule has 0 aromatic rings. The molecule has 0 bridgehead atoms. The maximum absolute atomic E-state index is 2.83. The highest BCUT2D eigenvalue weighted by atomic mass is 31.2. The van der Waals surface area contributed by atoms with Gasteiger partial charge in [-0.25, -0.2) is 0 Å². The van der Waals surface area contributed by atoms with Crippen LogP contribution in [0.1, 0.15) is 119 Å². The summed E-state index contributed by atoms with van der Waals surface area (Å²) in [5.41, 5.74) is 3.14. The lowest BCUT2D eigenvalue weighted by atomic mass is 10.1. The van der Waals surface area contributed by atoms with E-state index < -0.39 is 7.26 Å². The van der Waals surface area contributed by atoms with Gasteiger partial charge in [0.15, 0.2) is 0 Å². The van der Waals surface area contributed by atoms with E-state index in [0.29, 0.717) is 0 Å². The fourth-order valence-electron chi connectivity index (χ4n) is 5.00. The minimum Gasteiger partial charge on any atom is -0.0652 e. The van der Waals surface area contributed by atoms with Crippen molar-refractivity contribution in [3.05, 3.63) is 0 Å². The van der Waals surface area contributed by atoms with E-state index in [1.807, 2.05) is 0 Å². The van der Waals surface area contributed by atoms with E-state index >= 15 is 0 Å². The second kappa shape index (κ2) is 13.7. The SMILES string of the molecule is CCCC(CCC)[P+](C)(C(CCC)CCC)C(CCC)CCC. The van der Waals surface area contributed by atoms with Gasteiger partial charge in [-0.05, 0) is 38.5 Å². The van der Waals surface area contributed by atoms with Crippen molar-refractivity contribution in [2.45, 2.75) is 136 Å². The molecule has 0 saturated carbocycles. The summed E-state index contributed by atoms with van der Waals surface area (Å²) in [4.78, 5) is 0. The van der Waals surface area contributed by atoms with Gasteiger partial charge in [-0.15, -0.1) is 0 Å². The van der Waals surface area contributed by atoms with Gasteiger partial charge >= 0.3 is 0 Å². The van der Waals surface area contributed by atoms with Crippen LogP contribution in [0.3, 0.4) is 0 Å². The fourth-order valence-corrected chi connectivity index (χ4v) is 11.7. The summed E-state index contributed by atoms with van der Waals surface area (Å²) in [6.07, 6.45) is 17.3. The van der Waals surface area contributed by atoms with Crippen molar-refractivity contribution >= 4 is 7.26 Å². The Kier molecular flexibility index (Phi) is 13.9. The van der Waals surface area contributed by atoms with Crippen LogP contribution in [0.15, 0.2) is 0 Å². The number of hydrogen-bond acceptors (Lipinski definition) is 0. The van der Waals surface area contributed by atoms with E-state index in [9.17, 15) is 0 Å². The maximum Gasteiger partial charge on any atom is 0.0700 e. The minimum atomic E-state index is -0.899. The first-order chi connectivity index (χ1) is 11.1. The molecule has 0 atom stereocenters. The lowest BCUT2D eigenvalue weighted by Crippen LogP contribution is -2.32. The Balaban J connectivity index is 5.73. The number of rotatable bonds is 15. The second-order valence-corrected chi connectivity index (χ2v) is 12.5. The van der Waals surface area contributed by atoms with Gasteiger partial charge in [-0.2, -0.15) is 0 Å². The predicted molar refractivity (Wildman–Crippen MR) is 114 cm³/mol. The quantitative estimate of drug-likeness (QED) is 0.261. The monoisotopic (exact) mass is 343 g/mol. The summed E-state index contributed by atoms with van der Waals surface area (Å²) in [6, 6.07) is 0. The van der Waals surface area contributed by atoms with Crippen LogP contribution < -0.4 is 0 Å². The summed E-state index contributed by atoms with van der Waals surface area (Å²) < 4.78 is 0. The molecule has 0 aliphatic carbocycles. The van der Waals surface area contributed by atoms with Crippen molar-refractivity contribution in [3.63, 3.8) is 0 Å². The third kappa shape index (κ3) is 7.05. The van der Waals surface area contributed by atoms with Gasteiger partial charge in [-0.3, -0.25) is 0 Å².